The Balaban J connectivity index is 2.67. The third-order valence-corrected chi connectivity index (χ3v) is 2.29. The molecule has 92 valence electrons. The summed E-state index contributed by atoms with van der Waals surface area (Å²) in [6, 6.07) is 3.36. The molecule has 0 aliphatic heterocycles. The van der Waals surface area contributed by atoms with E-state index in [1.807, 2.05) is 0 Å². The Morgan fingerprint density at radius 3 is 2.59 bits per heavy atom. The lowest BCUT2D eigenvalue weighted by molar-refractivity contribution is -0.128. The monoisotopic (exact) mass is 258 g/mol. The zero-order valence-electron chi connectivity index (χ0n) is 9.24. The summed E-state index contributed by atoms with van der Waals surface area (Å²) in [6.45, 7) is 0.165. The van der Waals surface area contributed by atoms with Crippen molar-refractivity contribution in [2.75, 3.05) is 13.6 Å². The highest BCUT2D eigenvalue weighted by atomic mass is 32.1. The van der Waals surface area contributed by atoms with Gasteiger partial charge in [-0.2, -0.15) is 0 Å². The molecule has 1 aromatic rings. The first kappa shape index (κ1) is 13.5. The van der Waals surface area contributed by atoms with Gasteiger partial charge in [0, 0.05) is 7.05 Å². The van der Waals surface area contributed by atoms with Gasteiger partial charge in [-0.25, -0.2) is 8.78 Å². The summed E-state index contributed by atoms with van der Waals surface area (Å²) in [4.78, 5) is 13.2. The molecule has 0 saturated heterocycles. The van der Waals surface area contributed by atoms with Gasteiger partial charge in [-0.3, -0.25) is 4.79 Å². The fraction of sp³-hybridized carbons (Fsp3) is 0.273. The van der Waals surface area contributed by atoms with E-state index in [0.717, 1.165) is 12.1 Å². The van der Waals surface area contributed by atoms with Crippen LogP contribution in [-0.2, 0) is 11.2 Å². The van der Waals surface area contributed by atoms with Gasteiger partial charge >= 0.3 is 0 Å². The second kappa shape index (κ2) is 5.67. The highest BCUT2D eigenvalue weighted by Crippen LogP contribution is 2.09. The molecular weight excluding hydrogens is 246 g/mol. The molecule has 6 heteroatoms. The zero-order valence-corrected chi connectivity index (χ0v) is 10.1. The number of nitrogens with two attached hydrogens (primary N) is 1. The molecule has 17 heavy (non-hydrogen) atoms. The maximum atomic E-state index is 12.9. The molecule has 0 saturated carbocycles. The highest BCUT2D eigenvalue weighted by molar-refractivity contribution is 7.80. The molecular formula is C11H12F2N2OS. The molecule has 0 aromatic heterocycles. The van der Waals surface area contributed by atoms with Crippen molar-refractivity contribution in [1.29, 1.82) is 0 Å². The number of thiocarbonyl (C=S) groups is 1. The van der Waals surface area contributed by atoms with Gasteiger partial charge in [0.1, 0.15) is 0 Å². The normalized spacial score (nSPS) is 10.1. The van der Waals surface area contributed by atoms with Gasteiger partial charge in [0.25, 0.3) is 0 Å². The van der Waals surface area contributed by atoms with E-state index in [0.29, 0.717) is 5.56 Å². The van der Waals surface area contributed by atoms with Crippen molar-refractivity contribution in [2.24, 2.45) is 5.73 Å². The molecule has 0 fully saturated rings. The maximum absolute atomic E-state index is 12.9. The number of nitrogens with zero attached hydrogens (tertiary/aromatic N) is 1. The Morgan fingerprint density at radius 1 is 1.41 bits per heavy atom. The Labute approximate surface area is 103 Å². The van der Waals surface area contributed by atoms with Crippen LogP contribution >= 0.6 is 12.2 Å². The number of hydrogen-bond donors (Lipinski definition) is 1. The van der Waals surface area contributed by atoms with Crippen molar-refractivity contribution in [3.05, 3.63) is 35.4 Å². The van der Waals surface area contributed by atoms with E-state index in [2.05, 4.69) is 12.2 Å². The van der Waals surface area contributed by atoms with E-state index < -0.39 is 11.6 Å². The Bertz CT molecular complexity index is 451. The molecule has 0 aliphatic rings. The lowest BCUT2D eigenvalue weighted by Crippen LogP contribution is -2.35. The van der Waals surface area contributed by atoms with Crippen LogP contribution in [0.2, 0.25) is 0 Å². The predicted molar refractivity (Wildman–Crippen MR) is 64.5 cm³/mol. The van der Waals surface area contributed by atoms with Crippen LogP contribution in [0.15, 0.2) is 18.2 Å². The van der Waals surface area contributed by atoms with Gasteiger partial charge < -0.3 is 10.6 Å². The predicted octanol–water partition coefficient (Wildman–Crippen LogP) is 1.25. The number of hydrogen-bond acceptors (Lipinski definition) is 2. The number of amides is 1. The molecule has 0 aliphatic carbocycles. The summed E-state index contributed by atoms with van der Waals surface area (Å²) in [5.74, 6) is -2.16. The average molecular weight is 258 g/mol. The quantitative estimate of drug-likeness (QED) is 0.827. The lowest BCUT2D eigenvalue weighted by atomic mass is 10.1. The largest absolute Gasteiger partial charge is 0.392 e. The molecule has 0 atom stereocenters. The van der Waals surface area contributed by atoms with Crippen molar-refractivity contribution in [3.8, 4) is 0 Å². The number of likely N-dealkylation sites (N-methyl/N-ethyl adjacent to an activating group) is 1. The van der Waals surface area contributed by atoms with Crippen LogP contribution in [0.4, 0.5) is 8.78 Å². The third-order valence-electron chi connectivity index (χ3n) is 2.16. The van der Waals surface area contributed by atoms with E-state index in [-0.39, 0.29) is 23.9 Å². The number of carbonyl (C=O) groups is 1. The summed E-state index contributed by atoms with van der Waals surface area (Å²) in [6.07, 6.45) is -0.0175. The van der Waals surface area contributed by atoms with Crippen LogP contribution in [0.3, 0.4) is 0 Å². The summed E-state index contributed by atoms with van der Waals surface area (Å²) < 4.78 is 25.6. The second-order valence-corrected chi connectivity index (χ2v) is 4.17. The van der Waals surface area contributed by atoms with Crippen molar-refractivity contribution < 1.29 is 13.6 Å². The first-order chi connectivity index (χ1) is 7.90. The number of carbonyl (C=O) groups excluding carboxylic acids is 1. The van der Waals surface area contributed by atoms with Gasteiger partial charge in [0.05, 0.1) is 18.0 Å². The first-order valence-corrected chi connectivity index (χ1v) is 5.27. The van der Waals surface area contributed by atoms with Gasteiger partial charge in [0.2, 0.25) is 5.91 Å². The van der Waals surface area contributed by atoms with E-state index in [4.69, 9.17) is 5.73 Å². The van der Waals surface area contributed by atoms with E-state index in [1.165, 1.54) is 11.0 Å². The van der Waals surface area contributed by atoms with Gasteiger partial charge in [-0.15, -0.1) is 0 Å². The third kappa shape index (κ3) is 4.07. The molecule has 2 N–H and O–H groups in total. The van der Waals surface area contributed by atoms with Gasteiger partial charge in [-0.1, -0.05) is 18.3 Å². The molecule has 1 amide bonds. The molecule has 0 radical (unpaired) electrons. The summed E-state index contributed by atoms with van der Waals surface area (Å²) >= 11 is 4.67. The average Bonchev–Trinajstić information content (AvgIpc) is 2.22. The van der Waals surface area contributed by atoms with Crippen molar-refractivity contribution in [3.63, 3.8) is 0 Å². The van der Waals surface area contributed by atoms with E-state index in [1.54, 1.807) is 7.05 Å². The van der Waals surface area contributed by atoms with Crippen LogP contribution in [0.5, 0.6) is 0 Å². The van der Waals surface area contributed by atoms with E-state index >= 15 is 0 Å². The second-order valence-electron chi connectivity index (χ2n) is 3.64. The topological polar surface area (TPSA) is 46.3 Å². The number of rotatable bonds is 4. The highest BCUT2D eigenvalue weighted by Gasteiger charge is 2.11. The van der Waals surface area contributed by atoms with Gasteiger partial charge in [-0.05, 0) is 17.7 Å². The Kier molecular flexibility index (Phi) is 4.51. The molecule has 3 nitrogen and oxygen atoms in total. The van der Waals surface area contributed by atoms with Crippen LogP contribution < -0.4 is 5.73 Å². The van der Waals surface area contributed by atoms with Crippen molar-refractivity contribution >= 4 is 23.1 Å². The molecule has 0 spiro atoms. The summed E-state index contributed by atoms with van der Waals surface area (Å²) in [5.41, 5.74) is 5.70. The van der Waals surface area contributed by atoms with Crippen LogP contribution in [0, 0.1) is 11.6 Å². The standard InChI is InChI=1S/C11H12F2N2OS/c1-15(6-10(14)17)11(16)5-7-2-3-8(12)9(13)4-7/h2-4H,5-6H2,1H3,(H2,14,17). The SMILES string of the molecule is CN(CC(N)=S)C(=O)Cc1ccc(F)c(F)c1. The van der Waals surface area contributed by atoms with Crippen LogP contribution in [0.1, 0.15) is 5.56 Å². The number of halogens is 2. The Morgan fingerprint density at radius 2 is 2.06 bits per heavy atom. The van der Waals surface area contributed by atoms with Crippen molar-refractivity contribution in [2.45, 2.75) is 6.42 Å². The minimum absolute atomic E-state index is 0.0175. The lowest BCUT2D eigenvalue weighted by Gasteiger charge is -2.16. The molecule has 1 rings (SSSR count). The van der Waals surface area contributed by atoms with Crippen molar-refractivity contribution in [1.82, 2.24) is 4.90 Å². The Hall–Kier alpha value is -1.56. The minimum Gasteiger partial charge on any atom is -0.392 e. The molecule has 0 bridgehead atoms. The van der Waals surface area contributed by atoms with Gasteiger partial charge in [0.15, 0.2) is 11.6 Å². The first-order valence-electron chi connectivity index (χ1n) is 4.86. The van der Waals surface area contributed by atoms with Crippen LogP contribution in [0.25, 0.3) is 0 Å². The molecule has 0 unspecified atom stereocenters. The molecule has 1 aromatic carbocycles. The molecule has 0 heterocycles. The number of benzene rings is 1. The maximum Gasteiger partial charge on any atom is 0.227 e. The smallest absolute Gasteiger partial charge is 0.227 e. The summed E-state index contributed by atoms with van der Waals surface area (Å²) in [5, 5.41) is 0. The van der Waals surface area contributed by atoms with E-state index in [9.17, 15) is 13.6 Å². The zero-order chi connectivity index (χ0) is 13.0. The fourth-order valence-corrected chi connectivity index (χ4v) is 1.47. The minimum atomic E-state index is -0.965. The fourth-order valence-electron chi connectivity index (χ4n) is 1.28. The van der Waals surface area contributed by atoms with Crippen LogP contribution in [-0.4, -0.2) is 29.4 Å². The summed E-state index contributed by atoms with van der Waals surface area (Å²) in [7, 11) is 1.54.